The molecule has 0 radical (unpaired) electrons. The number of nitrogens with two attached hydrogens (primary N) is 1. The van der Waals surface area contributed by atoms with Crippen molar-refractivity contribution in [2.24, 2.45) is 5.73 Å². The fourth-order valence-electron chi connectivity index (χ4n) is 1.15. The standard InChI is InChI=1S/C11H23NO3/c1-4-11(12,5-2)9-15-8-6-7-10(13)14-3/h4-9,12H2,1-3H3. The highest BCUT2D eigenvalue weighted by Gasteiger charge is 2.19. The summed E-state index contributed by atoms with van der Waals surface area (Å²) in [5, 5.41) is 0. The molecule has 0 atom stereocenters. The minimum Gasteiger partial charge on any atom is -0.469 e. The first kappa shape index (κ1) is 14.4. The normalized spacial score (nSPS) is 11.5. The maximum absolute atomic E-state index is 10.8. The highest BCUT2D eigenvalue weighted by Crippen LogP contribution is 2.11. The summed E-state index contributed by atoms with van der Waals surface area (Å²) in [4.78, 5) is 10.8. The lowest BCUT2D eigenvalue weighted by Gasteiger charge is -2.26. The lowest BCUT2D eigenvalue weighted by molar-refractivity contribution is -0.141. The van der Waals surface area contributed by atoms with Gasteiger partial charge in [-0.25, -0.2) is 0 Å². The molecular formula is C11H23NO3. The Morgan fingerprint density at radius 2 is 1.93 bits per heavy atom. The molecule has 2 N–H and O–H groups in total. The van der Waals surface area contributed by atoms with Crippen LogP contribution in [0.2, 0.25) is 0 Å². The Kier molecular flexibility index (Phi) is 7.34. The fourth-order valence-corrected chi connectivity index (χ4v) is 1.15. The summed E-state index contributed by atoms with van der Waals surface area (Å²) in [5.41, 5.74) is 5.83. The minimum absolute atomic E-state index is 0.191. The number of esters is 1. The smallest absolute Gasteiger partial charge is 0.305 e. The second kappa shape index (κ2) is 7.65. The summed E-state index contributed by atoms with van der Waals surface area (Å²) in [5.74, 6) is -0.191. The van der Waals surface area contributed by atoms with E-state index in [1.807, 2.05) is 0 Å². The Bertz CT molecular complexity index is 179. The summed E-state index contributed by atoms with van der Waals surface area (Å²) < 4.78 is 9.96. The van der Waals surface area contributed by atoms with Gasteiger partial charge >= 0.3 is 5.97 Å². The molecule has 0 bridgehead atoms. The second-order valence-electron chi connectivity index (χ2n) is 3.80. The Hall–Kier alpha value is -0.610. The average Bonchev–Trinajstić information content (AvgIpc) is 2.27. The van der Waals surface area contributed by atoms with Crippen LogP contribution in [0.25, 0.3) is 0 Å². The first-order valence-electron chi connectivity index (χ1n) is 5.51. The predicted octanol–water partition coefficient (Wildman–Crippen LogP) is 1.47. The van der Waals surface area contributed by atoms with Crippen LogP contribution in [0.3, 0.4) is 0 Å². The Morgan fingerprint density at radius 1 is 1.33 bits per heavy atom. The van der Waals surface area contributed by atoms with Gasteiger partial charge in [-0.3, -0.25) is 4.79 Å². The van der Waals surface area contributed by atoms with Crippen LogP contribution in [0.4, 0.5) is 0 Å². The predicted molar refractivity (Wildman–Crippen MR) is 59.6 cm³/mol. The zero-order valence-corrected chi connectivity index (χ0v) is 10.0. The molecule has 0 unspecified atom stereocenters. The molecule has 0 amide bonds. The van der Waals surface area contributed by atoms with E-state index in [-0.39, 0.29) is 11.5 Å². The topological polar surface area (TPSA) is 61.5 Å². The summed E-state index contributed by atoms with van der Waals surface area (Å²) >= 11 is 0. The van der Waals surface area contributed by atoms with Gasteiger partial charge in [0.1, 0.15) is 0 Å². The Labute approximate surface area is 92.1 Å². The van der Waals surface area contributed by atoms with Crippen molar-refractivity contribution in [3.63, 3.8) is 0 Å². The van der Waals surface area contributed by atoms with Crippen LogP contribution in [0.15, 0.2) is 0 Å². The van der Waals surface area contributed by atoms with Gasteiger partial charge in [-0.1, -0.05) is 13.8 Å². The van der Waals surface area contributed by atoms with Gasteiger partial charge in [-0.2, -0.15) is 0 Å². The summed E-state index contributed by atoms with van der Waals surface area (Å²) in [6.45, 7) is 5.23. The van der Waals surface area contributed by atoms with Gasteiger partial charge in [0.2, 0.25) is 0 Å². The molecule has 4 nitrogen and oxygen atoms in total. The lowest BCUT2D eigenvalue weighted by Crippen LogP contribution is -2.43. The first-order valence-corrected chi connectivity index (χ1v) is 5.51. The van der Waals surface area contributed by atoms with Gasteiger partial charge in [-0.15, -0.1) is 0 Å². The quantitative estimate of drug-likeness (QED) is 0.494. The largest absolute Gasteiger partial charge is 0.469 e. The molecule has 0 aromatic carbocycles. The van der Waals surface area contributed by atoms with Crippen LogP contribution < -0.4 is 5.73 Å². The van der Waals surface area contributed by atoms with E-state index in [4.69, 9.17) is 10.5 Å². The third-order valence-electron chi connectivity index (χ3n) is 2.70. The molecule has 0 aliphatic carbocycles. The van der Waals surface area contributed by atoms with Gasteiger partial charge in [0, 0.05) is 18.6 Å². The van der Waals surface area contributed by atoms with Crippen molar-refractivity contribution in [1.29, 1.82) is 0 Å². The van der Waals surface area contributed by atoms with E-state index in [1.165, 1.54) is 7.11 Å². The maximum Gasteiger partial charge on any atom is 0.305 e. The third kappa shape index (κ3) is 6.47. The molecular weight excluding hydrogens is 194 g/mol. The number of rotatable bonds is 8. The summed E-state index contributed by atoms with van der Waals surface area (Å²) in [6.07, 6.45) is 2.91. The molecule has 0 aromatic heterocycles. The van der Waals surface area contributed by atoms with Crippen molar-refractivity contribution in [3.05, 3.63) is 0 Å². The monoisotopic (exact) mass is 217 g/mol. The van der Waals surface area contributed by atoms with Crippen molar-refractivity contribution in [3.8, 4) is 0 Å². The van der Waals surface area contributed by atoms with E-state index >= 15 is 0 Å². The van der Waals surface area contributed by atoms with Crippen LogP contribution in [0.1, 0.15) is 39.5 Å². The van der Waals surface area contributed by atoms with Gasteiger partial charge in [0.05, 0.1) is 13.7 Å². The third-order valence-corrected chi connectivity index (χ3v) is 2.70. The zero-order chi connectivity index (χ0) is 11.7. The molecule has 0 aliphatic heterocycles. The van der Waals surface area contributed by atoms with Crippen molar-refractivity contribution < 1.29 is 14.3 Å². The highest BCUT2D eigenvalue weighted by atomic mass is 16.5. The zero-order valence-electron chi connectivity index (χ0n) is 10.0. The molecule has 90 valence electrons. The van der Waals surface area contributed by atoms with Crippen molar-refractivity contribution in [2.45, 2.75) is 45.1 Å². The minimum atomic E-state index is -0.217. The van der Waals surface area contributed by atoms with Crippen LogP contribution in [0, 0.1) is 0 Å². The van der Waals surface area contributed by atoms with E-state index < -0.39 is 0 Å². The first-order chi connectivity index (χ1) is 7.08. The molecule has 0 aromatic rings. The van der Waals surface area contributed by atoms with E-state index in [9.17, 15) is 4.79 Å². The Morgan fingerprint density at radius 3 is 2.40 bits per heavy atom. The molecule has 4 heteroatoms. The molecule has 0 spiro atoms. The lowest BCUT2D eigenvalue weighted by atomic mass is 9.96. The molecule has 0 aliphatic rings. The molecule has 15 heavy (non-hydrogen) atoms. The molecule has 0 saturated carbocycles. The maximum atomic E-state index is 10.8. The molecule has 0 fully saturated rings. The molecule has 0 heterocycles. The number of hydrogen-bond acceptors (Lipinski definition) is 4. The van der Waals surface area contributed by atoms with Gasteiger partial charge in [-0.05, 0) is 19.3 Å². The number of carbonyl (C=O) groups is 1. The van der Waals surface area contributed by atoms with Crippen molar-refractivity contribution >= 4 is 5.97 Å². The number of methoxy groups -OCH3 is 1. The van der Waals surface area contributed by atoms with E-state index in [0.717, 1.165) is 12.8 Å². The van der Waals surface area contributed by atoms with Crippen LogP contribution in [-0.2, 0) is 14.3 Å². The van der Waals surface area contributed by atoms with E-state index in [2.05, 4.69) is 18.6 Å². The fraction of sp³-hybridized carbons (Fsp3) is 0.909. The number of carbonyl (C=O) groups excluding carboxylic acids is 1. The van der Waals surface area contributed by atoms with Crippen molar-refractivity contribution in [2.75, 3.05) is 20.3 Å². The van der Waals surface area contributed by atoms with Crippen LogP contribution in [-0.4, -0.2) is 31.8 Å². The summed E-state index contributed by atoms with van der Waals surface area (Å²) in [6, 6.07) is 0. The molecule has 0 saturated heterocycles. The van der Waals surface area contributed by atoms with Gasteiger partial charge < -0.3 is 15.2 Å². The summed E-state index contributed by atoms with van der Waals surface area (Å²) in [7, 11) is 1.39. The highest BCUT2D eigenvalue weighted by molar-refractivity contribution is 5.68. The van der Waals surface area contributed by atoms with Crippen molar-refractivity contribution in [1.82, 2.24) is 0 Å². The van der Waals surface area contributed by atoms with E-state index in [0.29, 0.717) is 26.1 Å². The van der Waals surface area contributed by atoms with Gasteiger partial charge in [0.25, 0.3) is 0 Å². The SMILES string of the molecule is CCC(N)(CC)COCCCC(=O)OC. The van der Waals surface area contributed by atoms with Crippen LogP contribution >= 0.6 is 0 Å². The van der Waals surface area contributed by atoms with Gasteiger partial charge in [0.15, 0.2) is 0 Å². The molecule has 0 rings (SSSR count). The van der Waals surface area contributed by atoms with Crippen LogP contribution in [0.5, 0.6) is 0 Å². The van der Waals surface area contributed by atoms with E-state index in [1.54, 1.807) is 0 Å². The second-order valence-corrected chi connectivity index (χ2v) is 3.80. The average molecular weight is 217 g/mol. The number of hydrogen-bond donors (Lipinski definition) is 1. The Balaban J connectivity index is 3.49. The number of ether oxygens (including phenoxy) is 2.